The second-order valence-electron chi connectivity index (χ2n) is 7.03. The van der Waals surface area contributed by atoms with Gasteiger partial charge in [-0.3, -0.25) is 14.9 Å². The summed E-state index contributed by atoms with van der Waals surface area (Å²) in [7, 11) is 0. The molecule has 0 atom stereocenters. The SMILES string of the molecule is Cc1ccc(NC(=O)c2ccc(-n3cncn3)c([N+](=O)[O-])c2)c(OCc2ccccc2)c1. The van der Waals surface area contributed by atoms with E-state index in [-0.39, 0.29) is 16.9 Å². The van der Waals surface area contributed by atoms with E-state index in [1.165, 1.54) is 35.5 Å². The lowest BCUT2D eigenvalue weighted by atomic mass is 10.1. The topological polar surface area (TPSA) is 112 Å². The highest BCUT2D eigenvalue weighted by Gasteiger charge is 2.20. The first-order valence-electron chi connectivity index (χ1n) is 9.73. The van der Waals surface area contributed by atoms with Crippen molar-refractivity contribution in [3.8, 4) is 11.4 Å². The number of aromatic nitrogens is 3. The maximum Gasteiger partial charge on any atom is 0.295 e. The Bertz CT molecular complexity index is 1260. The summed E-state index contributed by atoms with van der Waals surface area (Å²) < 4.78 is 7.20. The normalized spacial score (nSPS) is 10.5. The van der Waals surface area contributed by atoms with E-state index in [9.17, 15) is 14.9 Å². The first-order valence-corrected chi connectivity index (χ1v) is 9.73. The second kappa shape index (κ2) is 9.09. The van der Waals surface area contributed by atoms with Crippen molar-refractivity contribution in [2.45, 2.75) is 13.5 Å². The lowest BCUT2D eigenvalue weighted by Crippen LogP contribution is -2.14. The zero-order valence-corrected chi connectivity index (χ0v) is 17.1. The van der Waals surface area contributed by atoms with E-state index >= 15 is 0 Å². The van der Waals surface area contributed by atoms with E-state index in [0.717, 1.165) is 11.1 Å². The number of nitrogens with zero attached hydrogens (tertiary/aromatic N) is 4. The highest BCUT2D eigenvalue weighted by molar-refractivity contribution is 6.05. The molecule has 0 spiro atoms. The maximum atomic E-state index is 12.9. The van der Waals surface area contributed by atoms with Gasteiger partial charge in [-0.25, -0.2) is 9.67 Å². The summed E-state index contributed by atoms with van der Waals surface area (Å²) in [5, 5.41) is 18.3. The first-order chi connectivity index (χ1) is 15.5. The van der Waals surface area contributed by atoms with Crippen LogP contribution in [0.3, 0.4) is 0 Å². The zero-order chi connectivity index (χ0) is 22.5. The van der Waals surface area contributed by atoms with Gasteiger partial charge >= 0.3 is 0 Å². The number of carbonyl (C=O) groups is 1. The Balaban J connectivity index is 1.57. The quantitative estimate of drug-likeness (QED) is 0.346. The minimum Gasteiger partial charge on any atom is -0.487 e. The molecule has 160 valence electrons. The van der Waals surface area contributed by atoms with Gasteiger partial charge in [0, 0.05) is 11.6 Å². The Morgan fingerprint density at radius 3 is 2.66 bits per heavy atom. The van der Waals surface area contributed by atoms with Crippen LogP contribution in [0.4, 0.5) is 11.4 Å². The third kappa shape index (κ3) is 4.62. The molecule has 9 nitrogen and oxygen atoms in total. The summed E-state index contributed by atoms with van der Waals surface area (Å²) in [6, 6.07) is 19.3. The molecule has 0 aliphatic carbocycles. The van der Waals surface area contributed by atoms with E-state index < -0.39 is 10.8 Å². The van der Waals surface area contributed by atoms with Crippen molar-refractivity contribution in [3.05, 3.63) is 106 Å². The van der Waals surface area contributed by atoms with Crippen LogP contribution in [0.1, 0.15) is 21.5 Å². The Morgan fingerprint density at radius 1 is 1.12 bits per heavy atom. The number of ether oxygens (including phenoxy) is 1. The van der Waals surface area contributed by atoms with Crippen LogP contribution < -0.4 is 10.1 Å². The van der Waals surface area contributed by atoms with Gasteiger partial charge in [-0.1, -0.05) is 36.4 Å². The lowest BCUT2D eigenvalue weighted by Gasteiger charge is -2.14. The van der Waals surface area contributed by atoms with Crippen molar-refractivity contribution in [3.63, 3.8) is 0 Å². The second-order valence-corrected chi connectivity index (χ2v) is 7.03. The molecule has 0 saturated carbocycles. The summed E-state index contributed by atoms with van der Waals surface area (Å²) in [6.45, 7) is 2.26. The molecule has 1 aromatic heterocycles. The summed E-state index contributed by atoms with van der Waals surface area (Å²) >= 11 is 0. The average Bonchev–Trinajstić information content (AvgIpc) is 3.34. The van der Waals surface area contributed by atoms with Crippen LogP contribution in [0.15, 0.2) is 79.4 Å². The maximum absolute atomic E-state index is 12.9. The van der Waals surface area contributed by atoms with Crippen molar-refractivity contribution < 1.29 is 14.5 Å². The molecule has 0 unspecified atom stereocenters. The monoisotopic (exact) mass is 429 g/mol. The molecule has 1 heterocycles. The van der Waals surface area contributed by atoms with Crippen LogP contribution >= 0.6 is 0 Å². The van der Waals surface area contributed by atoms with Crippen molar-refractivity contribution in [1.29, 1.82) is 0 Å². The fourth-order valence-corrected chi connectivity index (χ4v) is 3.12. The van der Waals surface area contributed by atoms with Gasteiger partial charge in [0.05, 0.1) is 10.6 Å². The number of carbonyl (C=O) groups excluding carboxylic acids is 1. The molecule has 4 rings (SSSR count). The first kappa shape index (κ1) is 20.7. The van der Waals surface area contributed by atoms with Gasteiger partial charge < -0.3 is 10.1 Å². The number of hydrogen-bond donors (Lipinski definition) is 1. The highest BCUT2D eigenvalue weighted by atomic mass is 16.6. The molecule has 0 radical (unpaired) electrons. The lowest BCUT2D eigenvalue weighted by molar-refractivity contribution is -0.384. The summed E-state index contributed by atoms with van der Waals surface area (Å²) in [5.41, 5.74) is 2.53. The molecule has 0 aliphatic heterocycles. The molecule has 9 heteroatoms. The Labute approximate surface area is 183 Å². The number of amides is 1. The van der Waals surface area contributed by atoms with Crippen LogP contribution in [0.2, 0.25) is 0 Å². The molecule has 32 heavy (non-hydrogen) atoms. The zero-order valence-electron chi connectivity index (χ0n) is 17.1. The highest BCUT2D eigenvalue weighted by Crippen LogP contribution is 2.29. The number of nitrogens with one attached hydrogen (secondary N) is 1. The van der Waals surface area contributed by atoms with Crippen molar-refractivity contribution >= 4 is 17.3 Å². The van der Waals surface area contributed by atoms with E-state index in [2.05, 4.69) is 15.4 Å². The molecule has 4 aromatic rings. The average molecular weight is 429 g/mol. The van der Waals surface area contributed by atoms with E-state index in [1.807, 2.05) is 49.4 Å². The molecule has 0 saturated heterocycles. The Kier molecular flexibility index (Phi) is 5.89. The Morgan fingerprint density at radius 2 is 1.94 bits per heavy atom. The number of hydrogen-bond acceptors (Lipinski definition) is 6. The minimum absolute atomic E-state index is 0.134. The molecule has 1 amide bonds. The van der Waals surface area contributed by atoms with E-state index in [4.69, 9.17) is 4.74 Å². The van der Waals surface area contributed by atoms with E-state index in [0.29, 0.717) is 18.0 Å². The number of benzene rings is 3. The number of rotatable bonds is 7. The number of nitro groups is 1. The number of nitro benzene ring substituents is 1. The van der Waals surface area contributed by atoms with Crippen molar-refractivity contribution in [1.82, 2.24) is 14.8 Å². The molecule has 3 aromatic carbocycles. The summed E-state index contributed by atoms with van der Waals surface area (Å²) in [6.07, 6.45) is 2.63. The summed E-state index contributed by atoms with van der Waals surface area (Å²) in [5.74, 6) is 0.0163. The molecule has 0 bridgehead atoms. The molecular formula is C23H19N5O4. The Hall–Kier alpha value is -4.53. The van der Waals surface area contributed by atoms with Crippen LogP contribution in [0.5, 0.6) is 5.75 Å². The smallest absolute Gasteiger partial charge is 0.295 e. The van der Waals surface area contributed by atoms with Crippen LogP contribution in [0, 0.1) is 17.0 Å². The van der Waals surface area contributed by atoms with E-state index in [1.54, 1.807) is 6.07 Å². The number of anilines is 1. The van der Waals surface area contributed by atoms with Gasteiger partial charge in [0.15, 0.2) is 0 Å². The minimum atomic E-state index is -0.561. The molecule has 0 aliphatic rings. The fraction of sp³-hybridized carbons (Fsp3) is 0.0870. The largest absolute Gasteiger partial charge is 0.487 e. The summed E-state index contributed by atoms with van der Waals surface area (Å²) in [4.78, 5) is 27.7. The van der Waals surface area contributed by atoms with Crippen LogP contribution in [-0.4, -0.2) is 25.6 Å². The van der Waals surface area contributed by atoms with Crippen LogP contribution in [0.25, 0.3) is 5.69 Å². The predicted octanol–water partition coefficient (Wildman–Crippen LogP) is 4.32. The van der Waals surface area contributed by atoms with Gasteiger partial charge in [0.25, 0.3) is 11.6 Å². The van der Waals surface area contributed by atoms with Gasteiger partial charge in [-0.05, 0) is 42.3 Å². The number of aryl methyl sites for hydroxylation is 1. The predicted molar refractivity (Wildman–Crippen MR) is 118 cm³/mol. The molecular weight excluding hydrogens is 410 g/mol. The standard InChI is InChI=1S/C23H19N5O4/c1-16-7-9-19(22(11-16)32-13-17-5-3-2-4-6-17)26-23(29)18-8-10-20(21(12-18)28(30)31)27-15-24-14-25-27/h2-12,14-15H,13H2,1H3,(H,26,29). The fourth-order valence-electron chi connectivity index (χ4n) is 3.12. The van der Waals surface area contributed by atoms with Crippen molar-refractivity contribution in [2.75, 3.05) is 5.32 Å². The van der Waals surface area contributed by atoms with Crippen LogP contribution in [-0.2, 0) is 6.61 Å². The van der Waals surface area contributed by atoms with Crippen molar-refractivity contribution in [2.24, 2.45) is 0 Å². The van der Waals surface area contributed by atoms with Gasteiger partial charge in [-0.2, -0.15) is 5.10 Å². The molecule has 1 N–H and O–H groups in total. The van der Waals surface area contributed by atoms with Gasteiger partial charge in [0.1, 0.15) is 30.7 Å². The molecule has 0 fully saturated rings. The van der Waals surface area contributed by atoms with Gasteiger partial charge in [0.2, 0.25) is 0 Å². The third-order valence-electron chi connectivity index (χ3n) is 4.72. The third-order valence-corrected chi connectivity index (χ3v) is 4.72. The van der Waals surface area contributed by atoms with Gasteiger partial charge in [-0.15, -0.1) is 0 Å².